The van der Waals surface area contributed by atoms with Crippen LogP contribution in [0.1, 0.15) is 51.3 Å². The van der Waals surface area contributed by atoms with Crippen molar-refractivity contribution in [3.05, 3.63) is 54.4 Å². The van der Waals surface area contributed by atoms with Gasteiger partial charge in [0.2, 0.25) is 5.91 Å². The maximum Gasteiger partial charge on any atom is 0.227 e. The normalized spacial score (nSPS) is 16.7. The molecule has 0 unspecified atom stereocenters. The van der Waals surface area contributed by atoms with E-state index >= 15 is 0 Å². The molecule has 0 spiro atoms. The zero-order valence-electron chi connectivity index (χ0n) is 17.3. The van der Waals surface area contributed by atoms with Gasteiger partial charge in [-0.05, 0) is 49.7 Å². The van der Waals surface area contributed by atoms with Crippen molar-refractivity contribution < 1.29 is 9.53 Å². The molecule has 5 nitrogen and oxygen atoms in total. The van der Waals surface area contributed by atoms with Crippen LogP contribution < -0.4 is 9.64 Å². The van der Waals surface area contributed by atoms with Gasteiger partial charge in [-0.15, -0.1) is 0 Å². The molecule has 4 rings (SSSR count). The number of rotatable bonds is 8. The summed E-state index contributed by atoms with van der Waals surface area (Å²) in [6.45, 7) is 6.45. The number of para-hydroxylation sites is 2. The van der Waals surface area contributed by atoms with Crippen LogP contribution in [-0.4, -0.2) is 28.6 Å². The van der Waals surface area contributed by atoms with Gasteiger partial charge in [-0.2, -0.15) is 0 Å². The molecular weight excluding hydrogens is 362 g/mol. The molecule has 2 aromatic carbocycles. The molecule has 0 radical (unpaired) electrons. The minimum Gasteiger partial charge on any atom is -0.494 e. The van der Waals surface area contributed by atoms with Crippen LogP contribution in [0, 0.1) is 0 Å². The van der Waals surface area contributed by atoms with E-state index < -0.39 is 0 Å². The number of aromatic nitrogens is 2. The van der Waals surface area contributed by atoms with Crippen molar-refractivity contribution in [1.29, 1.82) is 0 Å². The van der Waals surface area contributed by atoms with E-state index in [2.05, 4.69) is 29.7 Å². The van der Waals surface area contributed by atoms with Crippen LogP contribution >= 0.6 is 0 Å². The summed E-state index contributed by atoms with van der Waals surface area (Å²) in [5, 5.41) is 0. The van der Waals surface area contributed by atoms with Gasteiger partial charge in [0.1, 0.15) is 11.6 Å². The second kappa shape index (κ2) is 8.68. The van der Waals surface area contributed by atoms with Gasteiger partial charge in [-0.3, -0.25) is 4.79 Å². The van der Waals surface area contributed by atoms with E-state index in [0.717, 1.165) is 35.7 Å². The first-order valence-electron chi connectivity index (χ1n) is 10.7. The van der Waals surface area contributed by atoms with Gasteiger partial charge in [-0.25, -0.2) is 4.98 Å². The highest BCUT2D eigenvalue weighted by Gasteiger charge is 2.34. The second-order valence-electron chi connectivity index (χ2n) is 7.65. The third kappa shape index (κ3) is 4.00. The van der Waals surface area contributed by atoms with Gasteiger partial charge >= 0.3 is 0 Å². The summed E-state index contributed by atoms with van der Waals surface area (Å²) in [5.74, 6) is 2.15. The summed E-state index contributed by atoms with van der Waals surface area (Å²) in [6, 6.07) is 16.1. The van der Waals surface area contributed by atoms with Crippen molar-refractivity contribution in [1.82, 2.24) is 9.55 Å². The van der Waals surface area contributed by atoms with Crippen LogP contribution in [-0.2, 0) is 11.3 Å². The Kier molecular flexibility index (Phi) is 5.84. The lowest BCUT2D eigenvalue weighted by molar-refractivity contribution is -0.117. The summed E-state index contributed by atoms with van der Waals surface area (Å²) in [5.41, 5.74) is 3.12. The Morgan fingerprint density at radius 3 is 2.62 bits per heavy atom. The lowest BCUT2D eigenvalue weighted by atomic mass is 10.1. The number of imidazole rings is 1. The van der Waals surface area contributed by atoms with Crippen molar-refractivity contribution in [3.63, 3.8) is 0 Å². The number of carbonyl (C=O) groups is 1. The first-order valence-corrected chi connectivity index (χ1v) is 10.7. The highest BCUT2D eigenvalue weighted by atomic mass is 16.5. The number of hydrogen-bond acceptors (Lipinski definition) is 3. The van der Waals surface area contributed by atoms with Crippen molar-refractivity contribution in [2.24, 2.45) is 0 Å². The molecule has 0 bridgehead atoms. The molecule has 3 aromatic rings. The third-order valence-electron chi connectivity index (χ3n) is 5.62. The summed E-state index contributed by atoms with van der Waals surface area (Å²) in [7, 11) is 0. The lowest BCUT2D eigenvalue weighted by Gasteiger charge is -2.18. The van der Waals surface area contributed by atoms with Crippen molar-refractivity contribution >= 4 is 22.6 Å². The molecule has 1 aliphatic heterocycles. The zero-order valence-corrected chi connectivity index (χ0v) is 17.3. The van der Waals surface area contributed by atoms with E-state index in [9.17, 15) is 4.79 Å². The maximum atomic E-state index is 12.8. The monoisotopic (exact) mass is 391 g/mol. The van der Waals surface area contributed by atoms with Gasteiger partial charge in [0.15, 0.2) is 0 Å². The predicted molar refractivity (Wildman–Crippen MR) is 117 cm³/mol. The fourth-order valence-corrected chi connectivity index (χ4v) is 4.18. The molecule has 5 heteroatoms. The van der Waals surface area contributed by atoms with Gasteiger partial charge in [-0.1, -0.05) is 31.9 Å². The first-order chi connectivity index (χ1) is 14.2. The minimum absolute atomic E-state index is 0.114. The molecule has 0 saturated carbocycles. The minimum atomic E-state index is 0.114. The van der Waals surface area contributed by atoms with Gasteiger partial charge in [0, 0.05) is 31.1 Å². The molecular formula is C24H29N3O2. The number of fused-ring (bicyclic) bond motifs is 1. The van der Waals surface area contributed by atoms with Gasteiger partial charge < -0.3 is 14.2 Å². The molecule has 0 aliphatic carbocycles. The van der Waals surface area contributed by atoms with E-state index in [1.807, 2.05) is 42.2 Å². The maximum absolute atomic E-state index is 12.8. The van der Waals surface area contributed by atoms with Crippen LogP contribution in [0.15, 0.2) is 48.5 Å². The van der Waals surface area contributed by atoms with Crippen LogP contribution in [0.4, 0.5) is 5.69 Å². The standard InChI is InChI=1S/C24H29N3O2/c1-3-5-8-15-26-22-10-7-6-9-21(22)25-24(26)18-16-23(28)27(17-18)19-11-13-20(14-12-19)29-4-2/h6-7,9-14,18H,3-5,8,15-17H2,1-2H3/t18-/m0/s1. The Balaban J connectivity index is 1.59. The van der Waals surface area contributed by atoms with Crippen molar-refractivity contribution in [3.8, 4) is 5.75 Å². The fourth-order valence-electron chi connectivity index (χ4n) is 4.18. The number of nitrogens with zero attached hydrogens (tertiary/aromatic N) is 3. The molecule has 2 heterocycles. The molecule has 1 atom stereocenters. The third-order valence-corrected chi connectivity index (χ3v) is 5.62. The molecule has 152 valence electrons. The number of anilines is 1. The fraction of sp³-hybridized carbons (Fsp3) is 0.417. The van der Waals surface area contributed by atoms with Crippen molar-refractivity contribution in [2.75, 3.05) is 18.1 Å². The summed E-state index contributed by atoms with van der Waals surface area (Å²) in [4.78, 5) is 19.6. The average Bonchev–Trinajstić information content (AvgIpc) is 3.30. The van der Waals surface area contributed by atoms with E-state index in [4.69, 9.17) is 9.72 Å². The molecule has 1 fully saturated rings. The van der Waals surface area contributed by atoms with E-state index in [1.165, 1.54) is 18.4 Å². The number of aryl methyl sites for hydroxylation is 1. The number of ether oxygens (including phenoxy) is 1. The Morgan fingerprint density at radius 2 is 1.86 bits per heavy atom. The molecule has 29 heavy (non-hydrogen) atoms. The number of benzene rings is 2. The van der Waals surface area contributed by atoms with Crippen LogP contribution in [0.3, 0.4) is 0 Å². The number of unbranched alkanes of at least 4 members (excludes halogenated alkanes) is 2. The van der Waals surface area contributed by atoms with Gasteiger partial charge in [0.05, 0.1) is 17.6 Å². The van der Waals surface area contributed by atoms with E-state index in [1.54, 1.807) is 0 Å². The highest BCUT2D eigenvalue weighted by molar-refractivity contribution is 5.96. The van der Waals surface area contributed by atoms with Crippen LogP contribution in [0.25, 0.3) is 11.0 Å². The Hall–Kier alpha value is -2.82. The Labute approximate surface area is 172 Å². The number of amides is 1. The highest BCUT2D eigenvalue weighted by Crippen LogP contribution is 2.34. The molecule has 1 amide bonds. The summed E-state index contributed by atoms with van der Waals surface area (Å²) >= 11 is 0. The summed E-state index contributed by atoms with van der Waals surface area (Å²) in [6.07, 6.45) is 4.03. The molecule has 0 N–H and O–H groups in total. The predicted octanol–water partition coefficient (Wildman–Crippen LogP) is 5.15. The SMILES string of the molecule is CCCCCn1c([C@H]2CC(=O)N(c3ccc(OCC)cc3)C2)nc2ccccc21. The zero-order chi connectivity index (χ0) is 20.2. The molecule has 1 aromatic heterocycles. The second-order valence-corrected chi connectivity index (χ2v) is 7.65. The Morgan fingerprint density at radius 1 is 1.07 bits per heavy atom. The van der Waals surface area contributed by atoms with Crippen LogP contribution in [0.2, 0.25) is 0 Å². The van der Waals surface area contributed by atoms with Crippen LogP contribution in [0.5, 0.6) is 5.75 Å². The summed E-state index contributed by atoms with van der Waals surface area (Å²) < 4.78 is 7.86. The van der Waals surface area contributed by atoms with Gasteiger partial charge in [0.25, 0.3) is 0 Å². The topological polar surface area (TPSA) is 47.4 Å². The molecule has 1 aliphatic rings. The van der Waals surface area contributed by atoms with E-state index in [-0.39, 0.29) is 11.8 Å². The number of hydrogen-bond donors (Lipinski definition) is 0. The average molecular weight is 392 g/mol. The largest absolute Gasteiger partial charge is 0.494 e. The quantitative estimate of drug-likeness (QED) is 0.499. The van der Waals surface area contributed by atoms with E-state index in [0.29, 0.717) is 19.6 Å². The first kappa shape index (κ1) is 19.5. The molecule has 1 saturated heterocycles. The smallest absolute Gasteiger partial charge is 0.227 e. The lowest BCUT2D eigenvalue weighted by Crippen LogP contribution is -2.24. The Bertz CT molecular complexity index is 977. The van der Waals surface area contributed by atoms with Crippen molar-refractivity contribution in [2.45, 2.75) is 52.0 Å². The number of carbonyl (C=O) groups excluding carboxylic acids is 1.